The first-order valence-corrected chi connectivity index (χ1v) is 11.7. The summed E-state index contributed by atoms with van der Waals surface area (Å²) in [6.07, 6.45) is 1.10. The van der Waals surface area contributed by atoms with Crippen LogP contribution >= 0.6 is 23.2 Å². The van der Waals surface area contributed by atoms with Crippen molar-refractivity contribution in [3.63, 3.8) is 0 Å². The zero-order valence-electron chi connectivity index (χ0n) is 17.9. The highest BCUT2D eigenvalue weighted by Gasteiger charge is 2.57. The number of Topliss-reactive ketones (excluding diaryl/α,β-unsaturated/α-hetero) is 1. The molecule has 178 valence electrons. The summed E-state index contributed by atoms with van der Waals surface area (Å²) in [6.45, 7) is -0.258. The maximum Gasteiger partial charge on any atom is 0.261 e. The Bertz CT molecular complexity index is 1180. The smallest absolute Gasteiger partial charge is 0.261 e. The van der Waals surface area contributed by atoms with Crippen LogP contribution in [0.5, 0.6) is 11.5 Å². The molecule has 2 bridgehead atoms. The van der Waals surface area contributed by atoms with Gasteiger partial charge >= 0.3 is 0 Å². The van der Waals surface area contributed by atoms with Crippen LogP contribution in [0.4, 0.5) is 4.39 Å². The van der Waals surface area contributed by atoms with E-state index in [0.29, 0.717) is 22.8 Å². The SMILES string of the molecule is O=C(COc1ccc(Cl)c(F)c1)NC12CC(C1)[C@H](NC(=O)C1CC(=O)c3cc(Cl)ccc3O1)C2. The molecule has 2 atom stereocenters. The van der Waals surface area contributed by atoms with Gasteiger partial charge in [0, 0.05) is 22.7 Å². The number of carbonyl (C=O) groups excluding carboxylic acids is 3. The van der Waals surface area contributed by atoms with Gasteiger partial charge in [0.1, 0.15) is 17.3 Å². The van der Waals surface area contributed by atoms with Crippen molar-refractivity contribution in [2.45, 2.75) is 43.4 Å². The average Bonchev–Trinajstić information content (AvgIpc) is 3.28. The Morgan fingerprint density at radius 3 is 2.71 bits per heavy atom. The van der Waals surface area contributed by atoms with E-state index in [1.54, 1.807) is 18.2 Å². The number of amides is 2. The van der Waals surface area contributed by atoms with Crippen molar-refractivity contribution in [1.29, 1.82) is 0 Å². The Balaban J connectivity index is 1.13. The fourth-order valence-electron chi connectivity index (χ4n) is 5.07. The van der Waals surface area contributed by atoms with E-state index >= 15 is 0 Å². The number of carbonyl (C=O) groups is 3. The number of hydrogen-bond acceptors (Lipinski definition) is 5. The Morgan fingerprint density at radius 1 is 1.15 bits per heavy atom. The third kappa shape index (κ3) is 4.44. The molecule has 1 heterocycles. The molecule has 2 amide bonds. The molecule has 3 fully saturated rings. The number of ketones is 1. The third-order valence-corrected chi connectivity index (χ3v) is 7.19. The third-order valence-electron chi connectivity index (χ3n) is 6.65. The minimum Gasteiger partial charge on any atom is -0.484 e. The van der Waals surface area contributed by atoms with E-state index < -0.39 is 17.5 Å². The summed E-state index contributed by atoms with van der Waals surface area (Å²) in [5.41, 5.74) is -0.0224. The Labute approximate surface area is 204 Å². The summed E-state index contributed by atoms with van der Waals surface area (Å²) in [7, 11) is 0. The number of benzene rings is 2. The van der Waals surface area contributed by atoms with Crippen LogP contribution in [0.3, 0.4) is 0 Å². The van der Waals surface area contributed by atoms with Crippen molar-refractivity contribution in [1.82, 2.24) is 10.6 Å². The van der Waals surface area contributed by atoms with Crippen molar-refractivity contribution < 1.29 is 28.2 Å². The van der Waals surface area contributed by atoms with Crippen molar-refractivity contribution in [3.05, 3.63) is 57.8 Å². The van der Waals surface area contributed by atoms with Gasteiger partial charge in [0.05, 0.1) is 17.0 Å². The van der Waals surface area contributed by atoms with E-state index in [4.69, 9.17) is 32.7 Å². The topological polar surface area (TPSA) is 93.7 Å². The summed E-state index contributed by atoms with van der Waals surface area (Å²) in [4.78, 5) is 37.6. The van der Waals surface area contributed by atoms with Crippen molar-refractivity contribution in [2.24, 2.45) is 5.92 Å². The zero-order valence-corrected chi connectivity index (χ0v) is 19.4. The monoisotopic (exact) mass is 506 g/mol. The largest absolute Gasteiger partial charge is 0.484 e. The van der Waals surface area contributed by atoms with Gasteiger partial charge in [0.15, 0.2) is 18.5 Å². The Hall–Kier alpha value is -2.84. The van der Waals surface area contributed by atoms with Gasteiger partial charge in [-0.1, -0.05) is 23.2 Å². The minimum atomic E-state index is -0.905. The fraction of sp³-hybridized carbons (Fsp3) is 0.375. The van der Waals surface area contributed by atoms with Crippen LogP contribution in [0.15, 0.2) is 36.4 Å². The molecule has 0 saturated heterocycles. The second kappa shape index (κ2) is 8.74. The van der Waals surface area contributed by atoms with Crippen molar-refractivity contribution in [2.75, 3.05) is 6.61 Å². The van der Waals surface area contributed by atoms with Gasteiger partial charge in [-0.05, 0) is 55.5 Å². The maximum atomic E-state index is 13.5. The second-order valence-electron chi connectivity index (χ2n) is 9.05. The van der Waals surface area contributed by atoms with Gasteiger partial charge < -0.3 is 20.1 Å². The molecule has 2 aromatic carbocycles. The minimum absolute atomic E-state index is 0.0214. The van der Waals surface area contributed by atoms with Gasteiger partial charge in [-0.3, -0.25) is 14.4 Å². The molecule has 2 N–H and O–H groups in total. The van der Waals surface area contributed by atoms with E-state index in [1.165, 1.54) is 12.1 Å². The van der Waals surface area contributed by atoms with Gasteiger partial charge in [-0.25, -0.2) is 4.39 Å². The molecule has 34 heavy (non-hydrogen) atoms. The molecular weight excluding hydrogens is 486 g/mol. The number of halogens is 3. The van der Waals surface area contributed by atoms with E-state index in [-0.39, 0.29) is 53.4 Å². The van der Waals surface area contributed by atoms with Gasteiger partial charge in [-0.15, -0.1) is 0 Å². The number of fused-ring (bicyclic) bond motifs is 2. The number of rotatable bonds is 6. The predicted molar refractivity (Wildman–Crippen MR) is 122 cm³/mol. The van der Waals surface area contributed by atoms with Crippen LogP contribution in [-0.4, -0.2) is 41.9 Å². The molecule has 4 aliphatic rings. The first-order valence-electron chi connectivity index (χ1n) is 10.9. The van der Waals surface area contributed by atoms with Crippen LogP contribution < -0.4 is 20.1 Å². The standard InChI is InChI=1S/C24H21Cl2FN2O5/c25-13-1-4-20-15(5-13)19(30)7-21(34-20)23(32)28-18-10-24(8-12(18)9-24)29-22(31)11-33-14-2-3-16(26)17(27)6-14/h1-6,12,18,21H,7-11H2,(H,28,32)(H,29,31)/t12?,18-,21?,24?/m1/s1. The first kappa shape index (κ1) is 22.9. The highest BCUT2D eigenvalue weighted by molar-refractivity contribution is 6.31. The van der Waals surface area contributed by atoms with Gasteiger partial charge in [0.25, 0.3) is 11.8 Å². The lowest BCUT2D eigenvalue weighted by Crippen LogP contribution is -2.53. The molecule has 6 rings (SSSR count). The number of ether oxygens (including phenoxy) is 2. The summed E-state index contributed by atoms with van der Waals surface area (Å²) >= 11 is 11.6. The lowest BCUT2D eigenvalue weighted by atomic mass is 9.76. The molecule has 1 aliphatic heterocycles. The highest BCUT2D eigenvalue weighted by Crippen LogP contribution is 2.52. The summed E-state index contributed by atoms with van der Waals surface area (Å²) < 4.78 is 24.6. The molecule has 10 heteroatoms. The van der Waals surface area contributed by atoms with Crippen LogP contribution in [0.1, 0.15) is 36.0 Å². The van der Waals surface area contributed by atoms with Crippen LogP contribution in [0.25, 0.3) is 0 Å². The van der Waals surface area contributed by atoms with E-state index in [9.17, 15) is 18.8 Å². The summed E-state index contributed by atoms with van der Waals surface area (Å²) in [5, 5.41) is 6.40. The lowest BCUT2D eigenvalue weighted by molar-refractivity contribution is -0.129. The maximum absolute atomic E-state index is 13.5. The van der Waals surface area contributed by atoms with E-state index in [0.717, 1.165) is 18.9 Å². The molecule has 3 aliphatic carbocycles. The molecule has 2 aromatic rings. The van der Waals surface area contributed by atoms with Crippen LogP contribution in [-0.2, 0) is 9.59 Å². The van der Waals surface area contributed by atoms with Crippen molar-refractivity contribution >= 4 is 40.8 Å². The van der Waals surface area contributed by atoms with Gasteiger partial charge in [0.2, 0.25) is 0 Å². The molecule has 3 saturated carbocycles. The second-order valence-corrected chi connectivity index (χ2v) is 9.90. The normalized spacial score (nSPS) is 26.7. The Kier molecular flexibility index (Phi) is 5.90. The average molecular weight is 507 g/mol. The van der Waals surface area contributed by atoms with Crippen LogP contribution in [0.2, 0.25) is 10.0 Å². The molecule has 0 aromatic heterocycles. The number of hydrogen-bond donors (Lipinski definition) is 2. The molecule has 7 nitrogen and oxygen atoms in total. The predicted octanol–water partition coefficient (Wildman–Crippen LogP) is 3.70. The number of nitrogens with one attached hydrogen (secondary N) is 2. The first-order chi connectivity index (χ1) is 16.2. The molecular formula is C24H21Cl2FN2O5. The fourth-order valence-corrected chi connectivity index (χ4v) is 5.36. The Morgan fingerprint density at radius 2 is 1.94 bits per heavy atom. The quantitative estimate of drug-likeness (QED) is 0.622. The zero-order chi connectivity index (χ0) is 24.0. The molecule has 0 spiro atoms. The summed E-state index contributed by atoms with van der Waals surface area (Å²) in [5.74, 6) is -0.683. The molecule has 1 unspecified atom stereocenters. The highest BCUT2D eigenvalue weighted by atomic mass is 35.5. The molecule has 0 radical (unpaired) electrons. The van der Waals surface area contributed by atoms with Crippen LogP contribution in [0, 0.1) is 11.7 Å². The van der Waals surface area contributed by atoms with Crippen molar-refractivity contribution in [3.8, 4) is 11.5 Å². The summed E-state index contributed by atoms with van der Waals surface area (Å²) in [6, 6.07) is 8.59. The van der Waals surface area contributed by atoms with E-state index in [2.05, 4.69) is 10.6 Å². The van der Waals surface area contributed by atoms with Gasteiger partial charge in [-0.2, -0.15) is 0 Å². The van der Waals surface area contributed by atoms with E-state index in [1.807, 2.05) is 0 Å². The lowest BCUT2D eigenvalue weighted by Gasteiger charge is -2.39.